The smallest absolute Gasteiger partial charge is 0.409 e. The van der Waals surface area contributed by atoms with Gasteiger partial charge in [-0.05, 0) is 44.8 Å². The van der Waals surface area contributed by atoms with E-state index < -0.39 is 0 Å². The maximum Gasteiger partial charge on any atom is 0.409 e. The van der Waals surface area contributed by atoms with E-state index in [1.54, 1.807) is 11.8 Å². The summed E-state index contributed by atoms with van der Waals surface area (Å²) in [7, 11) is 0. The second kappa shape index (κ2) is 7.71. The Morgan fingerprint density at radius 3 is 2.48 bits per heavy atom. The van der Waals surface area contributed by atoms with Gasteiger partial charge in [-0.2, -0.15) is 0 Å². The molecule has 1 aliphatic rings. The molecule has 5 nitrogen and oxygen atoms in total. The molecular weight excluding hydrogens is 424 g/mol. The second-order valence-corrected chi connectivity index (χ2v) is 8.37. The van der Waals surface area contributed by atoms with Crippen molar-refractivity contribution in [2.75, 3.05) is 39.3 Å². The van der Waals surface area contributed by atoms with Crippen LogP contribution in [0.25, 0.3) is 0 Å². The predicted molar refractivity (Wildman–Crippen MR) is 89.1 cm³/mol. The summed E-state index contributed by atoms with van der Waals surface area (Å²) in [4.78, 5) is 27.6. The number of carbonyl (C=O) groups is 2. The van der Waals surface area contributed by atoms with Crippen LogP contribution in [0, 0.1) is 0 Å². The third kappa shape index (κ3) is 4.51. The molecule has 1 fully saturated rings. The summed E-state index contributed by atoms with van der Waals surface area (Å²) in [6.07, 6.45) is -0.270. The fourth-order valence-electron chi connectivity index (χ4n) is 2.12. The Kier molecular flexibility index (Phi) is 6.21. The minimum absolute atomic E-state index is 0.0911. The molecule has 0 saturated carbocycles. The monoisotopic (exact) mass is 438 g/mol. The summed E-state index contributed by atoms with van der Waals surface area (Å²) in [6, 6.07) is 1.84. The molecule has 0 spiro atoms. The molecule has 0 unspecified atom stereocenters. The normalized spacial score (nSPS) is 16.0. The molecule has 2 heterocycles. The van der Waals surface area contributed by atoms with Crippen molar-refractivity contribution in [1.82, 2.24) is 9.80 Å². The average molecular weight is 440 g/mol. The Labute approximate surface area is 144 Å². The highest BCUT2D eigenvalue weighted by Crippen LogP contribution is 2.32. The van der Waals surface area contributed by atoms with Crippen molar-refractivity contribution < 1.29 is 14.3 Å². The number of amides is 1. The van der Waals surface area contributed by atoms with Crippen LogP contribution in [0.15, 0.2) is 13.6 Å². The number of hydrogen-bond donors (Lipinski definition) is 0. The first-order valence-corrected chi connectivity index (χ1v) is 9.03. The first-order chi connectivity index (χ1) is 10.0. The number of nitrogens with zero attached hydrogens (tertiary/aromatic N) is 2. The van der Waals surface area contributed by atoms with Crippen molar-refractivity contribution >= 4 is 55.1 Å². The number of Topliss-reactive ketones (excluding diaryl/α,β-unsaturated/α-hetero) is 1. The summed E-state index contributed by atoms with van der Waals surface area (Å²) in [5.41, 5.74) is 0.708. The van der Waals surface area contributed by atoms with Gasteiger partial charge in [0.15, 0.2) is 5.78 Å². The van der Waals surface area contributed by atoms with Gasteiger partial charge < -0.3 is 9.64 Å². The maximum atomic E-state index is 12.3. The van der Waals surface area contributed by atoms with Crippen LogP contribution in [0.3, 0.4) is 0 Å². The highest BCUT2D eigenvalue weighted by Gasteiger charge is 2.24. The summed E-state index contributed by atoms with van der Waals surface area (Å²) < 4.78 is 6.76. The van der Waals surface area contributed by atoms with Crippen LogP contribution in [0.4, 0.5) is 4.79 Å². The van der Waals surface area contributed by atoms with Gasteiger partial charge in [0.05, 0.1) is 20.7 Å². The van der Waals surface area contributed by atoms with Gasteiger partial charge in [0.1, 0.15) is 0 Å². The van der Waals surface area contributed by atoms with Gasteiger partial charge in [0.2, 0.25) is 0 Å². The largest absolute Gasteiger partial charge is 0.450 e. The Balaban J connectivity index is 1.85. The molecule has 8 heteroatoms. The van der Waals surface area contributed by atoms with Crippen LogP contribution in [-0.4, -0.2) is 61.0 Å². The van der Waals surface area contributed by atoms with Crippen LogP contribution in [-0.2, 0) is 4.74 Å². The third-order valence-corrected chi connectivity index (χ3v) is 5.56. The zero-order valence-corrected chi connectivity index (χ0v) is 15.6. The van der Waals surface area contributed by atoms with Crippen molar-refractivity contribution in [3.05, 3.63) is 19.2 Å². The number of hydrogen-bond acceptors (Lipinski definition) is 5. The standard InChI is InChI=1S/C13H16Br2N2O3S/c1-2-20-13(19)17-5-3-16(4-6-17)8-10(18)9-7-11(14)21-12(9)15/h7H,2-6,8H2,1H3. The molecule has 1 aromatic rings. The topological polar surface area (TPSA) is 49.9 Å². The van der Waals surface area contributed by atoms with Gasteiger partial charge in [-0.3, -0.25) is 9.69 Å². The summed E-state index contributed by atoms with van der Waals surface area (Å²) in [5, 5.41) is 0. The van der Waals surface area contributed by atoms with Crippen LogP contribution >= 0.6 is 43.2 Å². The van der Waals surface area contributed by atoms with E-state index in [1.165, 1.54) is 11.3 Å². The number of halogens is 2. The summed E-state index contributed by atoms with van der Waals surface area (Å²) >= 11 is 8.28. The van der Waals surface area contributed by atoms with Crippen LogP contribution in [0.2, 0.25) is 0 Å². The van der Waals surface area contributed by atoms with E-state index in [0.717, 1.165) is 7.57 Å². The van der Waals surface area contributed by atoms with Gasteiger partial charge in [-0.25, -0.2) is 4.79 Å². The first-order valence-electron chi connectivity index (χ1n) is 6.63. The van der Waals surface area contributed by atoms with E-state index in [0.29, 0.717) is 44.9 Å². The first kappa shape index (κ1) is 16.9. The minimum atomic E-state index is -0.270. The van der Waals surface area contributed by atoms with E-state index in [1.807, 2.05) is 6.07 Å². The van der Waals surface area contributed by atoms with Crippen molar-refractivity contribution in [3.63, 3.8) is 0 Å². The number of thiophene rings is 1. The molecule has 1 saturated heterocycles. The SMILES string of the molecule is CCOC(=O)N1CCN(CC(=O)c2cc(Br)sc2Br)CC1. The summed E-state index contributed by atoms with van der Waals surface area (Å²) in [6.45, 7) is 5.13. The van der Waals surface area contributed by atoms with E-state index in [-0.39, 0.29) is 11.9 Å². The number of carbonyl (C=O) groups excluding carboxylic acids is 2. The molecule has 116 valence electrons. The molecule has 0 aliphatic carbocycles. The van der Waals surface area contributed by atoms with Crippen molar-refractivity contribution in [3.8, 4) is 0 Å². The lowest BCUT2D eigenvalue weighted by Crippen LogP contribution is -2.50. The quantitative estimate of drug-likeness (QED) is 0.675. The molecule has 1 amide bonds. The molecular formula is C13H16Br2N2O3S. The van der Waals surface area contributed by atoms with Gasteiger partial charge in [-0.15, -0.1) is 11.3 Å². The van der Waals surface area contributed by atoms with Crippen molar-refractivity contribution in [2.24, 2.45) is 0 Å². The Hall–Kier alpha value is -0.440. The molecule has 0 bridgehead atoms. The number of rotatable bonds is 4. The number of ether oxygens (including phenoxy) is 1. The van der Waals surface area contributed by atoms with E-state index in [2.05, 4.69) is 36.8 Å². The fourth-order valence-corrected chi connectivity index (χ4v) is 4.98. The zero-order valence-electron chi connectivity index (χ0n) is 11.6. The molecule has 0 atom stereocenters. The molecule has 0 radical (unpaired) electrons. The lowest BCUT2D eigenvalue weighted by molar-refractivity contribution is 0.0733. The third-order valence-electron chi connectivity index (χ3n) is 3.22. The van der Waals surface area contributed by atoms with Crippen molar-refractivity contribution in [1.29, 1.82) is 0 Å². The Morgan fingerprint density at radius 2 is 1.95 bits per heavy atom. The van der Waals surface area contributed by atoms with E-state index in [9.17, 15) is 9.59 Å². The van der Waals surface area contributed by atoms with Gasteiger partial charge in [-0.1, -0.05) is 0 Å². The Bertz CT molecular complexity index is 527. The number of piperazine rings is 1. The van der Waals surface area contributed by atoms with Crippen LogP contribution in [0.1, 0.15) is 17.3 Å². The molecule has 0 N–H and O–H groups in total. The highest BCUT2D eigenvalue weighted by atomic mass is 79.9. The maximum absolute atomic E-state index is 12.3. The van der Waals surface area contributed by atoms with Gasteiger partial charge >= 0.3 is 6.09 Å². The zero-order chi connectivity index (χ0) is 15.4. The molecule has 21 heavy (non-hydrogen) atoms. The average Bonchev–Trinajstić information content (AvgIpc) is 2.79. The van der Waals surface area contributed by atoms with E-state index in [4.69, 9.17) is 4.74 Å². The van der Waals surface area contributed by atoms with Crippen LogP contribution in [0.5, 0.6) is 0 Å². The molecule has 0 aromatic carbocycles. The summed E-state index contributed by atoms with van der Waals surface area (Å²) in [5.74, 6) is 0.0911. The molecule has 2 rings (SSSR count). The lowest BCUT2D eigenvalue weighted by Gasteiger charge is -2.33. The van der Waals surface area contributed by atoms with Crippen LogP contribution < -0.4 is 0 Å². The fraction of sp³-hybridized carbons (Fsp3) is 0.538. The van der Waals surface area contributed by atoms with E-state index >= 15 is 0 Å². The lowest BCUT2D eigenvalue weighted by atomic mass is 10.2. The van der Waals surface area contributed by atoms with Crippen molar-refractivity contribution in [2.45, 2.75) is 6.92 Å². The molecule has 1 aromatic heterocycles. The second-order valence-electron chi connectivity index (χ2n) is 4.62. The Morgan fingerprint density at radius 1 is 1.29 bits per heavy atom. The minimum Gasteiger partial charge on any atom is -0.450 e. The molecule has 1 aliphatic heterocycles. The number of ketones is 1. The predicted octanol–water partition coefficient (Wildman–Crippen LogP) is 3.23. The van der Waals surface area contributed by atoms with Gasteiger partial charge in [0, 0.05) is 31.7 Å². The highest BCUT2D eigenvalue weighted by molar-refractivity contribution is 9.12. The van der Waals surface area contributed by atoms with Gasteiger partial charge in [0.25, 0.3) is 0 Å².